The molecule has 0 aliphatic heterocycles. The average Bonchev–Trinajstić information content (AvgIpc) is 2.12. The van der Waals surface area contributed by atoms with Crippen molar-refractivity contribution in [1.82, 2.24) is 0 Å². The Bertz CT molecular complexity index is 292. The Morgan fingerprint density at radius 2 is 2.08 bits per heavy atom. The lowest BCUT2D eigenvalue weighted by molar-refractivity contribution is 0.409. The molecule has 0 saturated carbocycles. The highest BCUT2D eigenvalue weighted by Crippen LogP contribution is 2.34. The van der Waals surface area contributed by atoms with Crippen LogP contribution in [0.25, 0.3) is 0 Å². The second-order valence-corrected chi connectivity index (χ2v) is 3.59. The van der Waals surface area contributed by atoms with Gasteiger partial charge in [-0.05, 0) is 38.2 Å². The summed E-state index contributed by atoms with van der Waals surface area (Å²) in [7, 11) is 0. The van der Waals surface area contributed by atoms with Crippen LogP contribution in [0, 0.1) is 0 Å². The first-order valence-corrected chi connectivity index (χ1v) is 4.56. The van der Waals surface area contributed by atoms with Gasteiger partial charge >= 0.3 is 0 Å². The Kier molecular flexibility index (Phi) is 1.80. The first-order valence-electron chi connectivity index (χ1n) is 4.56. The number of hydrogen-bond acceptors (Lipinski definition) is 1. The smallest absolute Gasteiger partial charge is 0.121 e. The van der Waals surface area contributed by atoms with E-state index in [1.165, 1.54) is 5.57 Å². The third-order valence-electron chi connectivity index (χ3n) is 2.74. The van der Waals surface area contributed by atoms with Gasteiger partial charge in [-0.15, -0.1) is 0 Å². The van der Waals surface area contributed by atoms with Crippen LogP contribution in [0.2, 0.25) is 0 Å². The minimum absolute atomic E-state index is 0.534. The number of allylic oxidation sites excluding steroid dienone is 4. The highest BCUT2D eigenvalue weighted by molar-refractivity contribution is 5.46. The zero-order chi connectivity index (χ0) is 8.55. The van der Waals surface area contributed by atoms with E-state index in [2.05, 4.69) is 12.2 Å². The van der Waals surface area contributed by atoms with Crippen LogP contribution in [0.1, 0.15) is 32.6 Å². The SMILES string of the molecule is CC1=C(O)C2=C(CCC=C2)CC1. The molecular formula is C11H14O. The van der Waals surface area contributed by atoms with Crippen LogP contribution in [0.15, 0.2) is 34.6 Å². The molecule has 1 nitrogen and oxygen atoms in total. The van der Waals surface area contributed by atoms with Crippen molar-refractivity contribution in [2.45, 2.75) is 32.6 Å². The minimum Gasteiger partial charge on any atom is -0.507 e. The van der Waals surface area contributed by atoms with E-state index in [1.807, 2.05) is 6.92 Å². The summed E-state index contributed by atoms with van der Waals surface area (Å²) in [6, 6.07) is 0. The normalized spacial score (nSPS) is 23.1. The average molecular weight is 162 g/mol. The van der Waals surface area contributed by atoms with Crippen molar-refractivity contribution in [2.24, 2.45) is 0 Å². The predicted molar refractivity (Wildman–Crippen MR) is 50.0 cm³/mol. The van der Waals surface area contributed by atoms with Gasteiger partial charge in [-0.2, -0.15) is 0 Å². The molecule has 0 fully saturated rings. The Hall–Kier alpha value is -0.980. The molecule has 0 radical (unpaired) electrons. The first-order chi connectivity index (χ1) is 5.79. The van der Waals surface area contributed by atoms with Gasteiger partial charge in [0.15, 0.2) is 0 Å². The zero-order valence-corrected chi connectivity index (χ0v) is 7.43. The summed E-state index contributed by atoms with van der Waals surface area (Å²) in [5.41, 5.74) is 3.69. The molecule has 0 bridgehead atoms. The Morgan fingerprint density at radius 1 is 1.25 bits per heavy atom. The van der Waals surface area contributed by atoms with Gasteiger partial charge < -0.3 is 5.11 Å². The second kappa shape index (κ2) is 2.81. The van der Waals surface area contributed by atoms with E-state index in [0.29, 0.717) is 5.76 Å². The summed E-state index contributed by atoms with van der Waals surface area (Å²) in [5.74, 6) is 0.534. The maximum Gasteiger partial charge on any atom is 0.121 e. The van der Waals surface area contributed by atoms with Crippen molar-refractivity contribution < 1.29 is 5.11 Å². The molecule has 2 rings (SSSR count). The molecule has 0 spiro atoms. The van der Waals surface area contributed by atoms with Crippen LogP contribution in [-0.4, -0.2) is 5.11 Å². The van der Waals surface area contributed by atoms with Gasteiger partial charge in [-0.3, -0.25) is 0 Å². The van der Waals surface area contributed by atoms with Crippen LogP contribution in [0.3, 0.4) is 0 Å². The fraction of sp³-hybridized carbons (Fsp3) is 0.455. The van der Waals surface area contributed by atoms with Gasteiger partial charge in [0.1, 0.15) is 5.76 Å². The van der Waals surface area contributed by atoms with Gasteiger partial charge in [-0.25, -0.2) is 0 Å². The molecule has 0 saturated heterocycles. The van der Waals surface area contributed by atoms with Gasteiger partial charge in [0.2, 0.25) is 0 Å². The van der Waals surface area contributed by atoms with Crippen LogP contribution in [0.5, 0.6) is 0 Å². The summed E-state index contributed by atoms with van der Waals surface area (Å²) in [6.45, 7) is 2.02. The van der Waals surface area contributed by atoms with E-state index in [4.69, 9.17) is 0 Å². The fourth-order valence-electron chi connectivity index (χ4n) is 1.90. The Labute approximate surface area is 73.1 Å². The Morgan fingerprint density at radius 3 is 2.92 bits per heavy atom. The van der Waals surface area contributed by atoms with E-state index < -0.39 is 0 Å². The molecule has 12 heavy (non-hydrogen) atoms. The standard InChI is InChI=1S/C11H14O/c1-8-6-7-9-4-2-3-5-10(9)11(8)12/h3,5,12H,2,4,6-7H2,1H3. The largest absolute Gasteiger partial charge is 0.507 e. The summed E-state index contributed by atoms with van der Waals surface area (Å²) in [6.07, 6.45) is 8.69. The third-order valence-corrected chi connectivity index (χ3v) is 2.74. The van der Waals surface area contributed by atoms with Crippen LogP contribution in [0.4, 0.5) is 0 Å². The van der Waals surface area contributed by atoms with Gasteiger partial charge in [-0.1, -0.05) is 17.7 Å². The van der Waals surface area contributed by atoms with Crippen LogP contribution in [-0.2, 0) is 0 Å². The zero-order valence-electron chi connectivity index (χ0n) is 7.43. The van der Waals surface area contributed by atoms with E-state index >= 15 is 0 Å². The van der Waals surface area contributed by atoms with Crippen molar-refractivity contribution >= 4 is 0 Å². The summed E-state index contributed by atoms with van der Waals surface area (Å²) in [5, 5.41) is 9.74. The van der Waals surface area contributed by atoms with E-state index in [1.54, 1.807) is 0 Å². The summed E-state index contributed by atoms with van der Waals surface area (Å²) >= 11 is 0. The topological polar surface area (TPSA) is 20.2 Å². The van der Waals surface area contributed by atoms with Crippen molar-refractivity contribution in [3.63, 3.8) is 0 Å². The van der Waals surface area contributed by atoms with E-state index in [0.717, 1.165) is 36.8 Å². The number of aliphatic hydroxyl groups excluding tert-OH is 1. The van der Waals surface area contributed by atoms with E-state index in [-0.39, 0.29) is 0 Å². The minimum atomic E-state index is 0.534. The number of aliphatic hydroxyl groups is 1. The molecule has 0 aromatic carbocycles. The quantitative estimate of drug-likeness (QED) is 0.579. The lowest BCUT2D eigenvalue weighted by atomic mass is 9.86. The molecular weight excluding hydrogens is 148 g/mol. The molecule has 0 amide bonds. The molecule has 2 aliphatic carbocycles. The maximum atomic E-state index is 9.74. The lowest BCUT2D eigenvalue weighted by Crippen LogP contribution is -2.05. The second-order valence-electron chi connectivity index (χ2n) is 3.59. The van der Waals surface area contributed by atoms with Crippen molar-refractivity contribution in [2.75, 3.05) is 0 Å². The molecule has 1 N–H and O–H groups in total. The van der Waals surface area contributed by atoms with Crippen LogP contribution >= 0.6 is 0 Å². The molecule has 2 aliphatic rings. The monoisotopic (exact) mass is 162 g/mol. The van der Waals surface area contributed by atoms with Crippen molar-refractivity contribution in [3.05, 3.63) is 34.6 Å². The summed E-state index contributed by atoms with van der Waals surface area (Å²) < 4.78 is 0. The molecule has 1 heteroatoms. The Balaban J connectivity index is 2.42. The third kappa shape index (κ3) is 1.09. The highest BCUT2D eigenvalue weighted by Gasteiger charge is 2.18. The molecule has 0 aromatic heterocycles. The van der Waals surface area contributed by atoms with Gasteiger partial charge in [0.05, 0.1) is 0 Å². The fourth-order valence-corrected chi connectivity index (χ4v) is 1.90. The van der Waals surface area contributed by atoms with Crippen molar-refractivity contribution in [1.29, 1.82) is 0 Å². The molecule has 64 valence electrons. The van der Waals surface area contributed by atoms with Crippen LogP contribution < -0.4 is 0 Å². The van der Waals surface area contributed by atoms with E-state index in [9.17, 15) is 5.11 Å². The molecule has 0 heterocycles. The van der Waals surface area contributed by atoms with Gasteiger partial charge in [0.25, 0.3) is 0 Å². The van der Waals surface area contributed by atoms with Crippen molar-refractivity contribution in [3.8, 4) is 0 Å². The number of rotatable bonds is 0. The maximum absolute atomic E-state index is 9.74. The molecule has 0 aromatic rings. The molecule has 0 unspecified atom stereocenters. The van der Waals surface area contributed by atoms with Gasteiger partial charge in [0, 0.05) is 5.57 Å². The lowest BCUT2D eigenvalue weighted by Gasteiger charge is -2.21. The number of hydrogen-bond donors (Lipinski definition) is 1. The molecule has 0 atom stereocenters. The first kappa shape index (κ1) is 7.66. The summed E-state index contributed by atoms with van der Waals surface area (Å²) in [4.78, 5) is 0. The predicted octanol–water partition coefficient (Wildman–Crippen LogP) is 3.26. The highest BCUT2D eigenvalue weighted by atomic mass is 16.3.